The Bertz CT molecular complexity index is 459. The van der Waals surface area contributed by atoms with Crippen LogP contribution < -0.4 is 10.1 Å². The van der Waals surface area contributed by atoms with Crippen molar-refractivity contribution in [2.75, 3.05) is 18.5 Å². The predicted molar refractivity (Wildman–Crippen MR) is 82.0 cm³/mol. The minimum atomic E-state index is 0.747. The van der Waals surface area contributed by atoms with Crippen molar-refractivity contribution < 1.29 is 4.74 Å². The van der Waals surface area contributed by atoms with Gasteiger partial charge in [-0.25, -0.2) is 0 Å². The number of nitrogens with zero attached hydrogens (tertiary/aromatic N) is 2. The van der Waals surface area contributed by atoms with E-state index in [-0.39, 0.29) is 0 Å². The molecule has 0 amide bonds. The van der Waals surface area contributed by atoms with Gasteiger partial charge in [-0.3, -0.25) is 0 Å². The number of rotatable bonds is 7. The Morgan fingerprint density at radius 1 is 0.950 bits per heavy atom. The van der Waals surface area contributed by atoms with Crippen molar-refractivity contribution in [3.63, 3.8) is 0 Å². The van der Waals surface area contributed by atoms with Crippen LogP contribution in [0.2, 0.25) is 0 Å². The molecule has 0 aliphatic rings. The summed E-state index contributed by atoms with van der Waals surface area (Å²) >= 11 is 0. The van der Waals surface area contributed by atoms with Crippen LogP contribution in [0.4, 0.5) is 5.82 Å². The van der Waals surface area contributed by atoms with E-state index in [1.165, 1.54) is 0 Å². The van der Waals surface area contributed by atoms with Crippen LogP contribution in [0.5, 0.6) is 5.75 Å². The summed E-state index contributed by atoms with van der Waals surface area (Å²) in [7, 11) is 0. The number of hydrogen-bond acceptors (Lipinski definition) is 4. The van der Waals surface area contributed by atoms with E-state index < -0.39 is 0 Å². The fraction of sp³-hybridized carbons (Fsp3) is 0.375. The average Bonchev–Trinajstić information content (AvgIpc) is 2.52. The summed E-state index contributed by atoms with van der Waals surface area (Å²) in [5.41, 5.74) is 1.91. The lowest BCUT2D eigenvalue weighted by atomic mass is 10.1. The van der Waals surface area contributed by atoms with Crippen molar-refractivity contribution >= 4 is 5.82 Å². The number of ether oxygens (including phenoxy) is 1. The van der Waals surface area contributed by atoms with Gasteiger partial charge in [-0.15, -0.1) is 10.2 Å². The molecule has 0 saturated carbocycles. The van der Waals surface area contributed by atoms with Crippen molar-refractivity contribution in [1.82, 2.24) is 10.2 Å². The lowest BCUT2D eigenvalue weighted by Crippen LogP contribution is -2.02. The monoisotopic (exact) mass is 271 g/mol. The molecule has 1 N–H and O–H groups in total. The van der Waals surface area contributed by atoms with E-state index in [1.807, 2.05) is 36.4 Å². The number of aromatic nitrogens is 2. The van der Waals surface area contributed by atoms with E-state index in [9.17, 15) is 0 Å². The van der Waals surface area contributed by atoms with Crippen molar-refractivity contribution in [2.45, 2.75) is 26.7 Å². The van der Waals surface area contributed by atoms with Crippen molar-refractivity contribution in [3.05, 3.63) is 36.4 Å². The highest BCUT2D eigenvalue weighted by molar-refractivity contribution is 5.60. The Morgan fingerprint density at radius 3 is 2.35 bits per heavy atom. The van der Waals surface area contributed by atoms with Crippen LogP contribution in [-0.4, -0.2) is 23.3 Å². The highest BCUT2D eigenvalue weighted by Gasteiger charge is 2.01. The molecule has 1 aromatic heterocycles. The van der Waals surface area contributed by atoms with Gasteiger partial charge in [-0.2, -0.15) is 0 Å². The number of anilines is 1. The molecule has 4 nitrogen and oxygen atoms in total. The first-order valence-electron chi connectivity index (χ1n) is 7.14. The molecule has 20 heavy (non-hydrogen) atoms. The standard InChI is InChI=1S/C16H21N3O/c1-3-11-17-16-10-9-15(18-19-16)13-5-7-14(8-6-13)20-12-4-2/h5-10H,3-4,11-12H2,1-2H3,(H,17,19). The highest BCUT2D eigenvalue weighted by atomic mass is 16.5. The van der Waals surface area contributed by atoms with Crippen LogP contribution in [0.3, 0.4) is 0 Å². The third-order valence-electron chi connectivity index (χ3n) is 2.84. The minimum absolute atomic E-state index is 0.747. The van der Waals surface area contributed by atoms with E-state index in [2.05, 4.69) is 29.4 Å². The zero-order valence-corrected chi connectivity index (χ0v) is 12.1. The Labute approximate surface area is 120 Å². The Balaban J connectivity index is 2.03. The number of hydrogen-bond donors (Lipinski definition) is 1. The molecule has 1 heterocycles. The number of benzene rings is 1. The maximum absolute atomic E-state index is 5.56. The summed E-state index contributed by atoms with van der Waals surface area (Å²) in [6.45, 7) is 5.88. The third kappa shape index (κ3) is 3.95. The third-order valence-corrected chi connectivity index (χ3v) is 2.84. The molecule has 0 bridgehead atoms. The van der Waals surface area contributed by atoms with Crippen LogP contribution in [0.25, 0.3) is 11.3 Å². The molecule has 2 aromatic rings. The second-order valence-corrected chi connectivity index (χ2v) is 4.60. The second kappa shape index (κ2) is 7.48. The first-order chi connectivity index (χ1) is 9.83. The second-order valence-electron chi connectivity index (χ2n) is 4.60. The van der Waals surface area contributed by atoms with Gasteiger partial charge >= 0.3 is 0 Å². The maximum atomic E-state index is 5.56. The van der Waals surface area contributed by atoms with Crippen LogP contribution in [-0.2, 0) is 0 Å². The molecular formula is C16H21N3O. The van der Waals surface area contributed by atoms with E-state index in [1.54, 1.807) is 0 Å². The largest absolute Gasteiger partial charge is 0.494 e. The SMILES string of the molecule is CCCNc1ccc(-c2ccc(OCCC)cc2)nn1. The molecule has 0 radical (unpaired) electrons. The van der Waals surface area contributed by atoms with Gasteiger partial charge in [0.15, 0.2) is 0 Å². The van der Waals surface area contributed by atoms with Crippen LogP contribution >= 0.6 is 0 Å². The molecule has 0 fully saturated rings. The summed E-state index contributed by atoms with van der Waals surface area (Å²) < 4.78 is 5.56. The van der Waals surface area contributed by atoms with E-state index in [0.717, 1.165) is 48.8 Å². The predicted octanol–water partition coefficient (Wildman–Crippen LogP) is 3.75. The Morgan fingerprint density at radius 2 is 1.75 bits per heavy atom. The fourth-order valence-corrected chi connectivity index (χ4v) is 1.78. The molecular weight excluding hydrogens is 250 g/mol. The van der Waals surface area contributed by atoms with Crippen LogP contribution in [0, 0.1) is 0 Å². The van der Waals surface area contributed by atoms with Crippen molar-refractivity contribution in [1.29, 1.82) is 0 Å². The first kappa shape index (κ1) is 14.3. The summed E-state index contributed by atoms with van der Waals surface area (Å²) in [5.74, 6) is 1.71. The van der Waals surface area contributed by atoms with Gasteiger partial charge in [-0.1, -0.05) is 13.8 Å². The van der Waals surface area contributed by atoms with Crippen LogP contribution in [0.15, 0.2) is 36.4 Å². The van der Waals surface area contributed by atoms with Gasteiger partial charge in [0.2, 0.25) is 0 Å². The van der Waals surface area contributed by atoms with E-state index in [4.69, 9.17) is 4.74 Å². The highest BCUT2D eigenvalue weighted by Crippen LogP contribution is 2.21. The molecule has 0 atom stereocenters. The Hall–Kier alpha value is -2.10. The fourth-order valence-electron chi connectivity index (χ4n) is 1.78. The molecule has 0 saturated heterocycles. The van der Waals surface area contributed by atoms with Gasteiger partial charge in [-0.05, 0) is 49.2 Å². The van der Waals surface area contributed by atoms with Crippen molar-refractivity contribution in [2.24, 2.45) is 0 Å². The average molecular weight is 271 g/mol. The van der Waals surface area contributed by atoms with Crippen LogP contribution in [0.1, 0.15) is 26.7 Å². The molecule has 2 rings (SSSR count). The van der Waals surface area contributed by atoms with Gasteiger partial charge in [0.1, 0.15) is 11.6 Å². The van der Waals surface area contributed by atoms with Gasteiger partial charge in [0.25, 0.3) is 0 Å². The molecule has 1 aromatic carbocycles. The summed E-state index contributed by atoms with van der Waals surface area (Å²) in [6.07, 6.45) is 2.09. The maximum Gasteiger partial charge on any atom is 0.148 e. The van der Waals surface area contributed by atoms with Gasteiger partial charge in [0.05, 0.1) is 12.3 Å². The molecule has 106 valence electrons. The Kier molecular flexibility index (Phi) is 5.35. The quantitative estimate of drug-likeness (QED) is 0.833. The van der Waals surface area contributed by atoms with Crippen molar-refractivity contribution in [3.8, 4) is 17.0 Å². The zero-order chi connectivity index (χ0) is 14.2. The molecule has 4 heteroatoms. The van der Waals surface area contributed by atoms with Gasteiger partial charge in [0, 0.05) is 12.1 Å². The summed E-state index contributed by atoms with van der Waals surface area (Å²) in [4.78, 5) is 0. The summed E-state index contributed by atoms with van der Waals surface area (Å²) in [5, 5.41) is 11.6. The number of nitrogens with one attached hydrogen (secondary N) is 1. The normalized spacial score (nSPS) is 10.3. The molecule has 0 spiro atoms. The smallest absolute Gasteiger partial charge is 0.148 e. The zero-order valence-electron chi connectivity index (χ0n) is 12.1. The minimum Gasteiger partial charge on any atom is -0.494 e. The molecule has 0 unspecified atom stereocenters. The lowest BCUT2D eigenvalue weighted by Gasteiger charge is -2.06. The summed E-state index contributed by atoms with van der Waals surface area (Å²) in [6, 6.07) is 11.9. The van der Waals surface area contributed by atoms with E-state index >= 15 is 0 Å². The first-order valence-corrected chi connectivity index (χ1v) is 7.14. The molecule has 0 aliphatic heterocycles. The topological polar surface area (TPSA) is 47.0 Å². The van der Waals surface area contributed by atoms with Gasteiger partial charge < -0.3 is 10.1 Å². The van der Waals surface area contributed by atoms with E-state index in [0.29, 0.717) is 0 Å². The lowest BCUT2D eigenvalue weighted by molar-refractivity contribution is 0.317. The molecule has 0 aliphatic carbocycles.